The van der Waals surface area contributed by atoms with E-state index in [4.69, 9.17) is 14.0 Å². The molecule has 4 rings (SSSR count). The third kappa shape index (κ3) is 3.09. The Kier molecular flexibility index (Phi) is 4.44. The highest BCUT2D eigenvalue weighted by atomic mass is 16.8. The second-order valence-electron chi connectivity index (χ2n) is 8.97. The molecule has 1 spiro atoms. The van der Waals surface area contributed by atoms with Gasteiger partial charge in [-0.25, -0.2) is 4.79 Å². The minimum absolute atomic E-state index is 0.466. The summed E-state index contributed by atoms with van der Waals surface area (Å²) in [6, 6.07) is 17.6. The lowest BCUT2D eigenvalue weighted by Crippen LogP contribution is -2.47. The third-order valence-electron chi connectivity index (χ3n) is 6.28. The van der Waals surface area contributed by atoms with Gasteiger partial charge in [0, 0.05) is 42.6 Å². The first kappa shape index (κ1) is 19.8. The fourth-order valence-electron chi connectivity index (χ4n) is 4.07. The molecule has 2 aliphatic rings. The maximum atomic E-state index is 13.1. The number of hydrogen-bond acceptors (Lipinski definition) is 5. The second-order valence-corrected chi connectivity index (χ2v) is 8.97. The molecule has 1 atom stereocenters. The normalized spacial score (nSPS) is 24.0. The lowest BCUT2D eigenvalue weighted by molar-refractivity contribution is 0.00578. The van der Waals surface area contributed by atoms with Crippen molar-refractivity contribution in [1.82, 2.24) is 0 Å². The molecule has 0 aromatic heterocycles. The third-order valence-corrected chi connectivity index (χ3v) is 6.28. The Morgan fingerprint density at radius 1 is 0.897 bits per heavy atom. The Morgan fingerprint density at radius 2 is 1.45 bits per heavy atom. The number of anilines is 2. The van der Waals surface area contributed by atoms with Crippen LogP contribution in [0.25, 0.3) is 0 Å². The van der Waals surface area contributed by atoms with Gasteiger partial charge in [0.05, 0.1) is 0 Å². The Balaban J connectivity index is 1.85. The molecule has 2 aromatic rings. The van der Waals surface area contributed by atoms with Gasteiger partial charge in [0.2, 0.25) is 0 Å². The van der Waals surface area contributed by atoms with Crippen LogP contribution in [0.3, 0.4) is 0 Å². The fraction of sp³-hybridized carbons (Fsp3) is 0.409. The van der Waals surface area contributed by atoms with Gasteiger partial charge >= 0.3 is 12.8 Å². The van der Waals surface area contributed by atoms with Gasteiger partial charge in [-0.05, 0) is 52.0 Å². The van der Waals surface area contributed by atoms with Crippen molar-refractivity contribution in [3.05, 3.63) is 60.2 Å². The molecule has 29 heavy (non-hydrogen) atoms. The Morgan fingerprint density at radius 3 is 1.97 bits per heavy atom. The first-order valence-corrected chi connectivity index (χ1v) is 9.95. The Labute approximate surface area is 172 Å². The first-order valence-electron chi connectivity index (χ1n) is 9.95. The van der Waals surface area contributed by atoms with Crippen molar-refractivity contribution in [2.24, 2.45) is 0 Å². The van der Waals surface area contributed by atoms with Gasteiger partial charge in [-0.15, -0.1) is 0 Å². The van der Waals surface area contributed by atoms with Crippen LogP contribution in [0, 0.1) is 0 Å². The summed E-state index contributed by atoms with van der Waals surface area (Å²) in [5.41, 5.74) is 1.47. The molecule has 0 N–H and O–H groups in total. The zero-order chi connectivity index (χ0) is 21.0. The van der Waals surface area contributed by atoms with Gasteiger partial charge < -0.3 is 23.8 Å². The van der Waals surface area contributed by atoms with Crippen molar-refractivity contribution in [2.75, 3.05) is 23.9 Å². The molecule has 6 nitrogen and oxygen atoms in total. The number of rotatable bonds is 3. The molecule has 0 radical (unpaired) electrons. The highest BCUT2D eigenvalue weighted by Gasteiger charge is 2.64. The van der Waals surface area contributed by atoms with Crippen LogP contribution in [-0.2, 0) is 14.0 Å². The molecule has 1 unspecified atom stereocenters. The first-order chi connectivity index (χ1) is 13.6. The van der Waals surface area contributed by atoms with Crippen molar-refractivity contribution in [1.29, 1.82) is 0 Å². The molecule has 7 heteroatoms. The topological polar surface area (TPSA) is 51.2 Å². The predicted octanol–water partition coefficient (Wildman–Crippen LogP) is 4.53. The molecular weight excluding hydrogens is 367 g/mol. The minimum Gasteiger partial charge on any atom is -0.625 e. The van der Waals surface area contributed by atoms with E-state index in [0.29, 0.717) is 0 Å². The van der Waals surface area contributed by atoms with Crippen molar-refractivity contribution in [2.45, 2.75) is 44.8 Å². The number of benzene rings is 2. The average Bonchev–Trinajstić information content (AvgIpc) is 3.02. The van der Waals surface area contributed by atoms with Gasteiger partial charge in [0.15, 0.2) is 0 Å². The molecule has 2 saturated heterocycles. The Bertz CT molecular complexity index is 896. The number of amides is 1. The molecule has 0 aliphatic carbocycles. The van der Waals surface area contributed by atoms with E-state index in [9.17, 15) is 4.79 Å². The van der Waals surface area contributed by atoms with Gasteiger partial charge in [0.25, 0.3) is 0 Å². The Hall–Kier alpha value is -2.51. The van der Waals surface area contributed by atoms with Crippen LogP contribution in [0.4, 0.5) is 16.2 Å². The van der Waals surface area contributed by atoms with Crippen LogP contribution >= 0.6 is 0 Å². The summed E-state index contributed by atoms with van der Waals surface area (Å²) in [7, 11) is 3.99. The maximum Gasteiger partial charge on any atom is 0.466 e. The summed E-state index contributed by atoms with van der Waals surface area (Å²) in [5, 5.41) is 0. The molecule has 2 heterocycles. The van der Waals surface area contributed by atoms with Crippen molar-refractivity contribution >= 4 is 24.2 Å². The molecule has 1 amide bonds. The van der Waals surface area contributed by atoms with Crippen LogP contribution in [-0.4, -0.2) is 38.1 Å². The molecule has 0 saturated carbocycles. The minimum atomic E-state index is -2.37. The zero-order valence-electron chi connectivity index (χ0n) is 17.9. The summed E-state index contributed by atoms with van der Waals surface area (Å²) in [6.45, 7) is 5.50. The lowest BCUT2D eigenvalue weighted by atomic mass is 9.65. The van der Waals surface area contributed by atoms with Crippen LogP contribution in [0.15, 0.2) is 54.6 Å². The van der Waals surface area contributed by atoms with Crippen LogP contribution in [0.5, 0.6) is 0 Å². The summed E-state index contributed by atoms with van der Waals surface area (Å²) in [5.74, 6) is -0.526. The molecule has 154 valence electrons. The van der Waals surface area contributed by atoms with Gasteiger partial charge in [0.1, 0.15) is 0 Å². The molecule has 0 bridgehead atoms. The molecule has 2 aliphatic heterocycles. The summed E-state index contributed by atoms with van der Waals surface area (Å²) in [6.07, 6.45) is -0.466. The van der Waals surface area contributed by atoms with E-state index in [1.54, 1.807) is 4.90 Å². The van der Waals surface area contributed by atoms with E-state index in [2.05, 4.69) is 0 Å². The van der Waals surface area contributed by atoms with Crippen molar-refractivity contribution < 1.29 is 18.8 Å². The van der Waals surface area contributed by atoms with Crippen LogP contribution < -0.4 is 9.80 Å². The maximum absolute atomic E-state index is 13.1. The number of carbonyl (C=O) groups is 1. The largest absolute Gasteiger partial charge is 0.625 e. The molecule has 2 fully saturated rings. The summed E-state index contributed by atoms with van der Waals surface area (Å²) in [4.78, 5) is 16.7. The van der Waals surface area contributed by atoms with E-state index >= 15 is 0 Å². The lowest BCUT2D eigenvalue weighted by Gasteiger charge is -2.37. The zero-order valence-corrected chi connectivity index (χ0v) is 17.9. The van der Waals surface area contributed by atoms with E-state index in [1.807, 2.05) is 101 Å². The predicted molar refractivity (Wildman–Crippen MR) is 115 cm³/mol. The highest BCUT2D eigenvalue weighted by Crippen LogP contribution is 2.52. The van der Waals surface area contributed by atoms with Crippen LogP contribution in [0.1, 0.15) is 39.2 Å². The van der Waals surface area contributed by atoms with Crippen molar-refractivity contribution in [3.63, 3.8) is 0 Å². The quantitative estimate of drug-likeness (QED) is 0.715. The molecular formula is C22H28BN2O4-. The fourth-order valence-corrected chi connectivity index (χ4v) is 4.07. The van der Waals surface area contributed by atoms with Crippen molar-refractivity contribution in [3.8, 4) is 0 Å². The number of hydrogen-bond donors (Lipinski definition) is 0. The monoisotopic (exact) mass is 395 g/mol. The van der Waals surface area contributed by atoms with E-state index < -0.39 is 30.0 Å². The van der Waals surface area contributed by atoms with Gasteiger partial charge in [-0.1, -0.05) is 35.9 Å². The summed E-state index contributed by atoms with van der Waals surface area (Å²) < 4.78 is 18.7. The van der Waals surface area contributed by atoms with E-state index in [0.717, 1.165) is 16.9 Å². The highest BCUT2D eigenvalue weighted by molar-refractivity contribution is 6.68. The number of carbonyl (C=O) groups excluding carboxylic acids is 1. The van der Waals surface area contributed by atoms with Gasteiger partial charge in [-0.3, -0.25) is 0 Å². The SMILES string of the molecule is CN(C)c1ccc(C2N(c3ccccc3)C(=O)O[B-]23OC(C)(C)C(C)(C)O3)cc1. The number of para-hydroxylation sites is 1. The smallest absolute Gasteiger partial charge is 0.466 e. The van der Waals surface area contributed by atoms with E-state index in [-0.39, 0.29) is 0 Å². The van der Waals surface area contributed by atoms with Crippen LogP contribution in [0.2, 0.25) is 0 Å². The van der Waals surface area contributed by atoms with Gasteiger partial charge in [-0.2, -0.15) is 0 Å². The average molecular weight is 395 g/mol. The molecule has 2 aromatic carbocycles. The summed E-state index contributed by atoms with van der Waals surface area (Å²) >= 11 is 0. The number of nitrogens with zero attached hydrogens (tertiary/aromatic N) is 2. The second kappa shape index (κ2) is 6.50. The van der Waals surface area contributed by atoms with E-state index in [1.165, 1.54) is 0 Å². The standard InChI is InChI=1S/C22H28BN2O4/c1-21(2)22(3,4)29-23(28-21)19(16-12-14-17(15-13-16)24(5)6)25(20(26)27-23)18-10-8-7-9-11-18/h7-15,19H,1-6H3/q-1.